The lowest BCUT2D eigenvalue weighted by Gasteiger charge is -2.16. The minimum absolute atomic E-state index is 0.227. The number of aryl methyl sites for hydroxylation is 1. The van der Waals surface area contributed by atoms with Crippen LogP contribution in [0.25, 0.3) is 12.2 Å². The van der Waals surface area contributed by atoms with Crippen molar-refractivity contribution in [2.75, 3.05) is 20.8 Å². The van der Waals surface area contributed by atoms with E-state index in [9.17, 15) is 4.39 Å². The molecule has 0 bridgehead atoms. The van der Waals surface area contributed by atoms with Gasteiger partial charge in [0.15, 0.2) is 0 Å². The smallest absolute Gasteiger partial charge is 0.128 e. The first kappa shape index (κ1) is 21.9. The van der Waals surface area contributed by atoms with E-state index in [-0.39, 0.29) is 12.4 Å². The minimum atomic E-state index is -0.229. The first-order chi connectivity index (χ1) is 13.4. The van der Waals surface area contributed by atoms with Crippen LogP contribution in [-0.4, -0.2) is 20.8 Å². The van der Waals surface area contributed by atoms with Gasteiger partial charge in [-0.1, -0.05) is 23.8 Å². The van der Waals surface area contributed by atoms with Crippen LogP contribution in [0.3, 0.4) is 0 Å². The van der Waals surface area contributed by atoms with Gasteiger partial charge in [-0.3, -0.25) is 0 Å². The molecule has 2 N–H and O–H groups in total. The molecule has 4 heteroatoms. The molecule has 0 atom stereocenters. The van der Waals surface area contributed by atoms with Gasteiger partial charge in [-0.15, -0.1) is 0 Å². The van der Waals surface area contributed by atoms with Crippen LogP contribution in [0, 0.1) is 12.7 Å². The molecule has 1 heterocycles. The number of ether oxygens (including phenoxy) is 2. The average molecular weight is 384 g/mol. The summed E-state index contributed by atoms with van der Waals surface area (Å²) in [6, 6.07) is 9.83. The third-order valence-electron chi connectivity index (χ3n) is 4.47. The van der Waals surface area contributed by atoms with E-state index in [2.05, 4.69) is 36.8 Å². The molecule has 0 aromatic heterocycles. The Balaban J connectivity index is 0.000000878. The number of hydrogen-bond donors (Lipinski definition) is 1. The third kappa shape index (κ3) is 5.78. The summed E-state index contributed by atoms with van der Waals surface area (Å²) < 4.78 is 24.0. The summed E-state index contributed by atoms with van der Waals surface area (Å²) >= 11 is 0. The maximum absolute atomic E-state index is 14.1. The van der Waals surface area contributed by atoms with Gasteiger partial charge in [0.05, 0.1) is 0 Å². The number of hydrogen-bond acceptors (Lipinski definition) is 3. The van der Waals surface area contributed by atoms with E-state index in [1.54, 1.807) is 20.3 Å². The Morgan fingerprint density at radius 3 is 2.57 bits per heavy atom. The standard InChI is InChI=1S/C22H24FNO.C2H6O/c1-14(7-18-9-16(3)20(12-24)21(23)11-18)6-17-4-5-22-19(10-17)8-15(2)13-25-22;1-3-2/h4-5,7-11H,6,12-13,24H2,1-3H3;1-2H3/b14-7+;. The Hall–Kier alpha value is -2.43. The van der Waals surface area contributed by atoms with Gasteiger partial charge in [0.25, 0.3) is 0 Å². The van der Waals surface area contributed by atoms with Crippen molar-refractivity contribution in [2.45, 2.75) is 33.7 Å². The molecule has 0 amide bonds. The Morgan fingerprint density at radius 1 is 1.21 bits per heavy atom. The number of nitrogens with two attached hydrogens (primary N) is 1. The summed E-state index contributed by atoms with van der Waals surface area (Å²) in [4.78, 5) is 0. The summed E-state index contributed by atoms with van der Waals surface area (Å²) in [5.41, 5.74) is 12.7. The minimum Gasteiger partial charge on any atom is -0.489 e. The number of fused-ring (bicyclic) bond motifs is 1. The van der Waals surface area contributed by atoms with Crippen molar-refractivity contribution in [3.8, 4) is 5.75 Å². The Bertz CT molecular complexity index is 861. The van der Waals surface area contributed by atoms with E-state index in [1.807, 2.05) is 25.1 Å². The van der Waals surface area contributed by atoms with E-state index < -0.39 is 0 Å². The highest BCUT2D eigenvalue weighted by atomic mass is 19.1. The number of rotatable bonds is 4. The molecular weight excluding hydrogens is 353 g/mol. The molecule has 28 heavy (non-hydrogen) atoms. The summed E-state index contributed by atoms with van der Waals surface area (Å²) in [5.74, 6) is 0.708. The van der Waals surface area contributed by atoms with Crippen LogP contribution in [0.2, 0.25) is 0 Å². The molecule has 1 aliphatic rings. The molecule has 150 valence electrons. The summed E-state index contributed by atoms with van der Waals surface area (Å²) in [6.45, 7) is 6.93. The van der Waals surface area contributed by atoms with Gasteiger partial charge in [0.2, 0.25) is 0 Å². The van der Waals surface area contributed by atoms with Crippen molar-refractivity contribution < 1.29 is 13.9 Å². The third-order valence-corrected chi connectivity index (χ3v) is 4.47. The Morgan fingerprint density at radius 2 is 1.93 bits per heavy atom. The predicted octanol–water partition coefficient (Wildman–Crippen LogP) is 5.30. The van der Waals surface area contributed by atoms with Crippen molar-refractivity contribution in [2.24, 2.45) is 5.73 Å². The molecule has 3 rings (SSSR count). The molecule has 3 nitrogen and oxygen atoms in total. The monoisotopic (exact) mass is 383 g/mol. The Kier molecular flexibility index (Phi) is 7.97. The number of methoxy groups -OCH3 is 1. The van der Waals surface area contributed by atoms with Gasteiger partial charge in [-0.25, -0.2) is 4.39 Å². The summed E-state index contributed by atoms with van der Waals surface area (Å²) in [5, 5.41) is 0. The highest BCUT2D eigenvalue weighted by Crippen LogP contribution is 2.28. The van der Waals surface area contributed by atoms with E-state index in [4.69, 9.17) is 10.5 Å². The topological polar surface area (TPSA) is 44.5 Å². The second-order valence-electron chi connectivity index (χ2n) is 7.23. The fourth-order valence-corrected chi connectivity index (χ4v) is 3.25. The number of halogens is 1. The van der Waals surface area contributed by atoms with Gasteiger partial charge in [0.1, 0.15) is 18.2 Å². The van der Waals surface area contributed by atoms with E-state index in [0.717, 1.165) is 28.9 Å². The zero-order valence-electron chi connectivity index (χ0n) is 17.4. The maximum atomic E-state index is 14.1. The normalized spacial score (nSPS) is 13.1. The number of benzene rings is 2. The molecule has 1 aliphatic heterocycles. The summed E-state index contributed by atoms with van der Waals surface area (Å²) in [7, 11) is 3.25. The SMILES string of the molecule is CC1=Cc2cc(C/C(C)=C/c3cc(C)c(CN)c(F)c3)ccc2OC1.COC. The lowest BCUT2D eigenvalue weighted by molar-refractivity contribution is 0.277. The fourth-order valence-electron chi connectivity index (χ4n) is 3.25. The first-order valence-electron chi connectivity index (χ1n) is 9.37. The zero-order chi connectivity index (χ0) is 20.7. The molecule has 0 spiro atoms. The lowest BCUT2D eigenvalue weighted by Crippen LogP contribution is -2.05. The van der Waals surface area contributed by atoms with Gasteiger partial charge >= 0.3 is 0 Å². The second kappa shape index (κ2) is 10.2. The quantitative estimate of drug-likeness (QED) is 0.779. The predicted molar refractivity (Wildman–Crippen MR) is 115 cm³/mol. The molecular formula is C24H30FNO2. The van der Waals surface area contributed by atoms with Gasteiger partial charge in [0, 0.05) is 31.9 Å². The van der Waals surface area contributed by atoms with Crippen LogP contribution >= 0.6 is 0 Å². The highest BCUT2D eigenvalue weighted by Gasteiger charge is 2.10. The van der Waals surface area contributed by atoms with E-state index >= 15 is 0 Å². The average Bonchev–Trinajstić information content (AvgIpc) is 2.61. The van der Waals surface area contributed by atoms with Crippen molar-refractivity contribution in [3.05, 3.63) is 75.1 Å². The molecule has 0 aliphatic carbocycles. The molecule has 0 saturated heterocycles. The van der Waals surface area contributed by atoms with Gasteiger partial charge < -0.3 is 15.2 Å². The van der Waals surface area contributed by atoms with Crippen LogP contribution in [0.15, 0.2) is 41.5 Å². The maximum Gasteiger partial charge on any atom is 0.128 e. The highest BCUT2D eigenvalue weighted by molar-refractivity contribution is 5.63. The molecule has 2 aromatic carbocycles. The molecule has 0 unspecified atom stereocenters. The van der Waals surface area contributed by atoms with Gasteiger partial charge in [-0.2, -0.15) is 0 Å². The second-order valence-corrected chi connectivity index (χ2v) is 7.23. The first-order valence-corrected chi connectivity index (χ1v) is 9.37. The van der Waals surface area contributed by atoms with Crippen LogP contribution in [0.1, 0.15) is 41.7 Å². The zero-order valence-corrected chi connectivity index (χ0v) is 17.4. The molecule has 0 saturated carbocycles. The van der Waals surface area contributed by atoms with E-state index in [1.165, 1.54) is 16.7 Å². The van der Waals surface area contributed by atoms with Crippen molar-refractivity contribution in [1.29, 1.82) is 0 Å². The fraction of sp³-hybridized carbons (Fsp3) is 0.333. The molecule has 2 aromatic rings. The van der Waals surface area contributed by atoms with Crippen molar-refractivity contribution in [1.82, 2.24) is 0 Å². The largest absolute Gasteiger partial charge is 0.489 e. The van der Waals surface area contributed by atoms with E-state index in [0.29, 0.717) is 12.2 Å². The molecule has 0 radical (unpaired) electrons. The van der Waals surface area contributed by atoms with Crippen LogP contribution < -0.4 is 10.5 Å². The van der Waals surface area contributed by atoms with Gasteiger partial charge in [-0.05, 0) is 73.7 Å². The summed E-state index contributed by atoms with van der Waals surface area (Å²) in [6.07, 6.45) is 5.03. The van der Waals surface area contributed by atoms with Crippen LogP contribution in [0.4, 0.5) is 4.39 Å². The Labute approximate surface area is 167 Å². The van der Waals surface area contributed by atoms with Crippen LogP contribution in [-0.2, 0) is 17.7 Å². The van der Waals surface area contributed by atoms with Crippen LogP contribution in [0.5, 0.6) is 5.75 Å². The van der Waals surface area contributed by atoms with Crippen molar-refractivity contribution >= 4 is 12.2 Å². The lowest BCUT2D eigenvalue weighted by atomic mass is 9.98. The van der Waals surface area contributed by atoms with Crippen molar-refractivity contribution in [3.63, 3.8) is 0 Å². The molecule has 0 fully saturated rings. The number of allylic oxidation sites excluding steroid dienone is 1.